The lowest BCUT2D eigenvalue weighted by atomic mass is 10.2. The van der Waals surface area contributed by atoms with E-state index in [9.17, 15) is 4.39 Å². The van der Waals surface area contributed by atoms with Gasteiger partial charge < -0.3 is 5.73 Å². The molecule has 2 nitrogen and oxygen atoms in total. The second kappa shape index (κ2) is 4.23. The third kappa shape index (κ3) is 1.83. The van der Waals surface area contributed by atoms with Crippen LogP contribution in [0.4, 0.5) is 10.1 Å². The lowest BCUT2D eigenvalue weighted by Gasteiger charge is -2.03. The smallest absolute Gasteiger partial charge is 0.128 e. The summed E-state index contributed by atoms with van der Waals surface area (Å²) >= 11 is 7.51. The molecule has 0 aliphatic carbocycles. The maximum Gasteiger partial charge on any atom is 0.128 e. The number of nitrogens with two attached hydrogens (primary N) is 1. The van der Waals surface area contributed by atoms with Crippen LogP contribution in [0.1, 0.15) is 0 Å². The van der Waals surface area contributed by atoms with Crippen molar-refractivity contribution in [3.8, 4) is 10.6 Å². The van der Waals surface area contributed by atoms with Crippen molar-refractivity contribution < 1.29 is 4.39 Å². The predicted molar refractivity (Wildman–Crippen MR) is 74.4 cm³/mol. The number of aromatic nitrogens is 1. The van der Waals surface area contributed by atoms with E-state index in [1.165, 1.54) is 23.5 Å². The number of nitrogens with zero attached hydrogens (tertiary/aromatic N) is 1. The fourth-order valence-electron chi connectivity index (χ4n) is 1.77. The molecule has 18 heavy (non-hydrogen) atoms. The summed E-state index contributed by atoms with van der Waals surface area (Å²) in [4.78, 5) is 4.43. The van der Waals surface area contributed by atoms with Gasteiger partial charge in [0.15, 0.2) is 0 Å². The van der Waals surface area contributed by atoms with Gasteiger partial charge in [-0.15, -0.1) is 11.3 Å². The molecule has 0 radical (unpaired) electrons. The molecule has 0 amide bonds. The predicted octanol–water partition coefficient (Wildman–Crippen LogP) is 4.34. The molecule has 0 fully saturated rings. The van der Waals surface area contributed by atoms with Gasteiger partial charge >= 0.3 is 0 Å². The van der Waals surface area contributed by atoms with Crippen LogP contribution in [0.3, 0.4) is 0 Å². The zero-order valence-electron chi connectivity index (χ0n) is 9.15. The summed E-state index contributed by atoms with van der Waals surface area (Å²) in [6, 6.07) is 9.82. The minimum absolute atomic E-state index is 0.273. The molecule has 1 aromatic heterocycles. The molecule has 0 aliphatic heterocycles. The third-order valence-electron chi connectivity index (χ3n) is 2.61. The largest absolute Gasteiger partial charge is 0.398 e. The fourth-order valence-corrected chi connectivity index (χ4v) is 3.17. The molecule has 1 heterocycles. The first kappa shape index (κ1) is 11.4. The molecular formula is C13H8ClFN2S. The molecule has 0 unspecified atom stereocenters. The molecule has 0 saturated carbocycles. The quantitative estimate of drug-likeness (QED) is 0.673. The number of halogens is 2. The van der Waals surface area contributed by atoms with Crippen molar-refractivity contribution in [2.75, 3.05) is 5.73 Å². The van der Waals surface area contributed by atoms with Crippen LogP contribution >= 0.6 is 22.9 Å². The summed E-state index contributed by atoms with van der Waals surface area (Å²) in [5, 5.41) is 1.26. The first-order valence-corrected chi connectivity index (χ1v) is 6.45. The zero-order valence-corrected chi connectivity index (χ0v) is 10.7. The van der Waals surface area contributed by atoms with Gasteiger partial charge in [0, 0.05) is 5.69 Å². The minimum Gasteiger partial charge on any atom is -0.398 e. The average Bonchev–Trinajstić information content (AvgIpc) is 2.71. The summed E-state index contributed by atoms with van der Waals surface area (Å²) in [7, 11) is 0. The van der Waals surface area contributed by atoms with Gasteiger partial charge in [-0.25, -0.2) is 9.37 Å². The van der Waals surface area contributed by atoms with Crippen molar-refractivity contribution in [1.82, 2.24) is 4.98 Å². The van der Waals surface area contributed by atoms with Crippen molar-refractivity contribution in [1.29, 1.82) is 0 Å². The number of hydrogen-bond acceptors (Lipinski definition) is 3. The SMILES string of the molecule is Nc1cccc(Cl)c1-c1nc2ccc(F)cc2s1. The van der Waals surface area contributed by atoms with Crippen LogP contribution in [0, 0.1) is 5.82 Å². The van der Waals surface area contributed by atoms with Gasteiger partial charge in [0.25, 0.3) is 0 Å². The molecule has 0 aliphatic rings. The zero-order chi connectivity index (χ0) is 12.7. The van der Waals surface area contributed by atoms with Crippen molar-refractivity contribution in [2.24, 2.45) is 0 Å². The Bertz CT molecular complexity index is 719. The molecule has 2 N–H and O–H groups in total. The lowest BCUT2D eigenvalue weighted by Crippen LogP contribution is -1.89. The molecule has 0 spiro atoms. The van der Waals surface area contributed by atoms with Crippen molar-refractivity contribution in [2.45, 2.75) is 0 Å². The first-order chi connectivity index (χ1) is 8.65. The molecule has 0 saturated heterocycles. The highest BCUT2D eigenvalue weighted by Gasteiger charge is 2.12. The summed E-state index contributed by atoms with van der Waals surface area (Å²) in [5.41, 5.74) is 7.94. The van der Waals surface area contributed by atoms with Gasteiger partial charge in [0.1, 0.15) is 10.8 Å². The number of nitrogen functional groups attached to an aromatic ring is 1. The maximum atomic E-state index is 13.1. The highest BCUT2D eigenvalue weighted by Crippen LogP contribution is 2.37. The number of benzene rings is 2. The summed E-state index contributed by atoms with van der Waals surface area (Å²) in [5.74, 6) is -0.273. The van der Waals surface area contributed by atoms with Crippen LogP contribution in [-0.4, -0.2) is 4.98 Å². The number of rotatable bonds is 1. The van der Waals surface area contributed by atoms with Crippen molar-refractivity contribution in [3.05, 3.63) is 47.2 Å². The van der Waals surface area contributed by atoms with Crippen LogP contribution in [0.25, 0.3) is 20.8 Å². The Kier molecular flexibility index (Phi) is 2.69. The number of thiazole rings is 1. The van der Waals surface area contributed by atoms with Gasteiger partial charge in [-0.1, -0.05) is 17.7 Å². The molecule has 3 aromatic rings. The Hall–Kier alpha value is -1.65. The Balaban J connectivity index is 2.26. The monoisotopic (exact) mass is 278 g/mol. The van der Waals surface area contributed by atoms with Crippen LogP contribution in [0.5, 0.6) is 0 Å². The maximum absolute atomic E-state index is 13.1. The standard InChI is InChI=1S/C13H8ClFN2S/c14-8-2-1-3-9(16)12(8)13-17-10-5-4-7(15)6-11(10)18-13/h1-6H,16H2. The van der Waals surface area contributed by atoms with Crippen LogP contribution in [0.2, 0.25) is 5.02 Å². The Morgan fingerprint density at radius 2 is 2.06 bits per heavy atom. The highest BCUT2D eigenvalue weighted by molar-refractivity contribution is 7.21. The van der Waals surface area contributed by atoms with Crippen LogP contribution in [-0.2, 0) is 0 Å². The second-order valence-electron chi connectivity index (χ2n) is 3.84. The summed E-state index contributed by atoms with van der Waals surface area (Å²) in [6.07, 6.45) is 0. The van der Waals surface area contributed by atoms with E-state index in [2.05, 4.69) is 4.98 Å². The molecule has 2 aromatic carbocycles. The highest BCUT2D eigenvalue weighted by atomic mass is 35.5. The summed E-state index contributed by atoms with van der Waals surface area (Å²) < 4.78 is 13.9. The van der Waals surface area contributed by atoms with E-state index in [4.69, 9.17) is 17.3 Å². The van der Waals surface area contributed by atoms with Gasteiger partial charge in [0.05, 0.1) is 20.8 Å². The molecule has 3 rings (SSSR count). The number of anilines is 1. The Morgan fingerprint density at radius 3 is 2.83 bits per heavy atom. The lowest BCUT2D eigenvalue weighted by molar-refractivity contribution is 0.630. The first-order valence-electron chi connectivity index (χ1n) is 5.25. The van der Waals surface area contributed by atoms with Crippen molar-refractivity contribution >= 4 is 38.8 Å². The van der Waals surface area contributed by atoms with E-state index >= 15 is 0 Å². The normalized spacial score (nSPS) is 11.0. The van der Waals surface area contributed by atoms with E-state index in [1.54, 1.807) is 24.3 Å². The van der Waals surface area contributed by atoms with Gasteiger partial charge in [-0.3, -0.25) is 0 Å². The van der Waals surface area contributed by atoms with E-state index in [1.807, 2.05) is 0 Å². The topological polar surface area (TPSA) is 38.9 Å². The number of hydrogen-bond donors (Lipinski definition) is 1. The fraction of sp³-hybridized carbons (Fsp3) is 0. The van der Waals surface area contributed by atoms with E-state index in [-0.39, 0.29) is 5.82 Å². The molecule has 90 valence electrons. The minimum atomic E-state index is -0.273. The van der Waals surface area contributed by atoms with E-state index < -0.39 is 0 Å². The molecule has 0 bridgehead atoms. The van der Waals surface area contributed by atoms with Crippen LogP contribution < -0.4 is 5.73 Å². The molecular weight excluding hydrogens is 271 g/mol. The van der Waals surface area contributed by atoms with Gasteiger partial charge in [-0.2, -0.15) is 0 Å². The Labute approximate surface area is 112 Å². The Morgan fingerprint density at radius 1 is 1.22 bits per heavy atom. The number of fused-ring (bicyclic) bond motifs is 1. The molecule has 0 atom stereocenters. The van der Waals surface area contributed by atoms with Crippen LogP contribution in [0.15, 0.2) is 36.4 Å². The van der Waals surface area contributed by atoms with Gasteiger partial charge in [0.2, 0.25) is 0 Å². The molecule has 5 heteroatoms. The third-order valence-corrected chi connectivity index (χ3v) is 3.96. The second-order valence-corrected chi connectivity index (χ2v) is 5.27. The summed E-state index contributed by atoms with van der Waals surface area (Å²) in [6.45, 7) is 0. The van der Waals surface area contributed by atoms with E-state index in [0.29, 0.717) is 21.3 Å². The van der Waals surface area contributed by atoms with Crippen molar-refractivity contribution in [3.63, 3.8) is 0 Å². The van der Waals surface area contributed by atoms with E-state index in [0.717, 1.165) is 10.2 Å². The van der Waals surface area contributed by atoms with Gasteiger partial charge in [-0.05, 0) is 30.3 Å². The average molecular weight is 279 g/mol.